The van der Waals surface area contributed by atoms with Gasteiger partial charge in [0, 0.05) is 24.2 Å². The van der Waals surface area contributed by atoms with E-state index in [1.807, 2.05) is 37.3 Å². The highest BCUT2D eigenvalue weighted by Crippen LogP contribution is 2.41. The van der Waals surface area contributed by atoms with E-state index >= 15 is 0 Å². The largest absolute Gasteiger partial charge is 0.310 e. The van der Waals surface area contributed by atoms with E-state index in [-0.39, 0.29) is 11.2 Å². The zero-order valence-corrected chi connectivity index (χ0v) is 16.8. The van der Waals surface area contributed by atoms with Gasteiger partial charge in [-0.1, -0.05) is 43.8 Å². The number of hydrogen-bond acceptors (Lipinski definition) is 5. The minimum absolute atomic E-state index is 0.0158. The predicted octanol–water partition coefficient (Wildman–Crippen LogP) is 4.16. The average Bonchev–Trinajstić information content (AvgIpc) is 3.42. The zero-order chi connectivity index (χ0) is 19.4. The molecule has 1 amide bonds. The lowest BCUT2D eigenvalue weighted by Gasteiger charge is -2.25. The van der Waals surface area contributed by atoms with Gasteiger partial charge >= 0.3 is 0 Å². The van der Waals surface area contributed by atoms with Gasteiger partial charge in [0.05, 0.1) is 17.7 Å². The predicted molar refractivity (Wildman–Crippen MR) is 107 cm³/mol. The normalized spacial score (nSPS) is 14.8. The van der Waals surface area contributed by atoms with Crippen molar-refractivity contribution in [3.05, 3.63) is 36.2 Å². The summed E-state index contributed by atoms with van der Waals surface area (Å²) >= 11 is 1.46. The molecule has 7 heteroatoms. The Morgan fingerprint density at radius 3 is 2.59 bits per heavy atom. The molecule has 0 saturated heterocycles. The SMILES string of the molecule is CC(Sc1nnc(C(C)C)n1C1CC1)C(=O)N(CCC#N)c1ccccc1. The van der Waals surface area contributed by atoms with Crippen LogP contribution in [0.5, 0.6) is 0 Å². The molecule has 0 radical (unpaired) electrons. The lowest BCUT2D eigenvalue weighted by atomic mass is 10.2. The zero-order valence-electron chi connectivity index (χ0n) is 16.0. The molecule has 27 heavy (non-hydrogen) atoms. The molecule has 1 unspecified atom stereocenters. The maximum Gasteiger partial charge on any atom is 0.240 e. The highest BCUT2D eigenvalue weighted by molar-refractivity contribution is 8.00. The molecule has 1 aromatic heterocycles. The van der Waals surface area contributed by atoms with Crippen LogP contribution in [0.4, 0.5) is 5.69 Å². The van der Waals surface area contributed by atoms with Crippen LogP contribution in [0.25, 0.3) is 0 Å². The van der Waals surface area contributed by atoms with E-state index in [0.717, 1.165) is 29.5 Å². The average molecular weight is 384 g/mol. The number of benzene rings is 1. The Morgan fingerprint density at radius 2 is 2.00 bits per heavy atom. The van der Waals surface area contributed by atoms with Gasteiger partial charge in [-0.25, -0.2) is 0 Å². The van der Waals surface area contributed by atoms with E-state index in [9.17, 15) is 4.79 Å². The third-order valence-corrected chi connectivity index (χ3v) is 5.57. The number of hydrogen-bond donors (Lipinski definition) is 0. The lowest BCUT2D eigenvalue weighted by molar-refractivity contribution is -0.117. The molecule has 1 aliphatic rings. The minimum Gasteiger partial charge on any atom is -0.310 e. The first-order valence-corrected chi connectivity index (χ1v) is 10.3. The number of thioether (sulfide) groups is 1. The van der Waals surface area contributed by atoms with Crippen LogP contribution < -0.4 is 4.90 Å². The molecule has 1 aliphatic carbocycles. The van der Waals surface area contributed by atoms with Crippen LogP contribution in [0.2, 0.25) is 0 Å². The van der Waals surface area contributed by atoms with Gasteiger partial charge in [-0.3, -0.25) is 4.79 Å². The molecule has 0 aliphatic heterocycles. The smallest absolute Gasteiger partial charge is 0.240 e. The summed E-state index contributed by atoms with van der Waals surface area (Å²) in [5, 5.41) is 18.2. The molecular weight excluding hydrogens is 358 g/mol. The molecule has 0 spiro atoms. The summed E-state index contributed by atoms with van der Waals surface area (Å²) in [4.78, 5) is 14.8. The fourth-order valence-corrected chi connectivity index (χ4v) is 3.99. The van der Waals surface area contributed by atoms with Crippen molar-refractivity contribution in [1.82, 2.24) is 14.8 Å². The van der Waals surface area contributed by atoms with Crippen LogP contribution in [0, 0.1) is 11.3 Å². The fraction of sp³-hybridized carbons (Fsp3) is 0.500. The molecule has 0 bridgehead atoms. The monoisotopic (exact) mass is 383 g/mol. The number of nitrogens with zero attached hydrogens (tertiary/aromatic N) is 5. The van der Waals surface area contributed by atoms with Crippen LogP contribution in [0.1, 0.15) is 57.8 Å². The van der Waals surface area contributed by atoms with E-state index in [0.29, 0.717) is 24.9 Å². The van der Waals surface area contributed by atoms with E-state index in [4.69, 9.17) is 5.26 Å². The van der Waals surface area contributed by atoms with Crippen molar-refractivity contribution in [3.63, 3.8) is 0 Å². The molecule has 2 aromatic rings. The molecule has 0 N–H and O–H groups in total. The summed E-state index contributed by atoms with van der Waals surface area (Å²) in [6, 6.07) is 12.1. The van der Waals surface area contributed by atoms with Gasteiger partial charge in [0.25, 0.3) is 0 Å². The van der Waals surface area contributed by atoms with Gasteiger partial charge in [0.1, 0.15) is 5.82 Å². The topological polar surface area (TPSA) is 74.8 Å². The number of rotatable bonds is 8. The third kappa shape index (κ3) is 4.51. The summed E-state index contributed by atoms with van der Waals surface area (Å²) in [5.41, 5.74) is 0.816. The molecule has 1 aromatic carbocycles. The first-order valence-electron chi connectivity index (χ1n) is 9.37. The molecule has 1 fully saturated rings. The van der Waals surface area contributed by atoms with Gasteiger partial charge in [0.15, 0.2) is 5.16 Å². The molecule has 1 heterocycles. The highest BCUT2D eigenvalue weighted by Gasteiger charge is 2.32. The first kappa shape index (κ1) is 19.4. The summed E-state index contributed by atoms with van der Waals surface area (Å²) in [6.45, 7) is 6.52. The summed E-state index contributed by atoms with van der Waals surface area (Å²) < 4.78 is 2.21. The van der Waals surface area contributed by atoms with Crippen molar-refractivity contribution in [1.29, 1.82) is 5.26 Å². The molecule has 142 valence electrons. The number of nitriles is 1. The van der Waals surface area contributed by atoms with Crippen LogP contribution in [0.3, 0.4) is 0 Å². The van der Waals surface area contributed by atoms with Crippen LogP contribution in [-0.2, 0) is 4.79 Å². The second kappa shape index (κ2) is 8.57. The Hall–Kier alpha value is -2.33. The first-order chi connectivity index (χ1) is 13.0. The van der Waals surface area contributed by atoms with Crippen molar-refractivity contribution >= 4 is 23.4 Å². The maximum absolute atomic E-state index is 13.1. The third-order valence-electron chi connectivity index (χ3n) is 4.53. The Kier molecular flexibility index (Phi) is 6.17. The van der Waals surface area contributed by atoms with E-state index in [1.165, 1.54) is 11.8 Å². The number of para-hydroxylation sites is 1. The van der Waals surface area contributed by atoms with Crippen LogP contribution in [-0.4, -0.2) is 32.5 Å². The van der Waals surface area contributed by atoms with Gasteiger partial charge in [-0.15, -0.1) is 10.2 Å². The van der Waals surface area contributed by atoms with Gasteiger partial charge in [0.2, 0.25) is 5.91 Å². The Morgan fingerprint density at radius 1 is 1.30 bits per heavy atom. The van der Waals surface area contributed by atoms with Crippen molar-refractivity contribution < 1.29 is 4.79 Å². The minimum atomic E-state index is -0.314. The number of amides is 1. The number of carbonyl (C=O) groups is 1. The van der Waals surface area contributed by atoms with Crippen molar-refractivity contribution in [2.45, 2.75) is 62.4 Å². The molecule has 3 rings (SSSR count). The Labute approximate surface area is 164 Å². The van der Waals surface area contributed by atoms with E-state index < -0.39 is 0 Å². The second-order valence-corrected chi connectivity index (χ2v) is 8.40. The second-order valence-electron chi connectivity index (χ2n) is 7.09. The number of anilines is 1. The summed E-state index contributed by atoms with van der Waals surface area (Å²) in [5.74, 6) is 1.27. The van der Waals surface area contributed by atoms with E-state index in [2.05, 4.69) is 34.7 Å². The molecule has 1 saturated carbocycles. The van der Waals surface area contributed by atoms with Gasteiger partial charge in [-0.05, 0) is 31.9 Å². The maximum atomic E-state index is 13.1. The summed E-state index contributed by atoms with van der Waals surface area (Å²) in [7, 11) is 0. The highest BCUT2D eigenvalue weighted by atomic mass is 32.2. The van der Waals surface area contributed by atoms with Crippen LogP contribution >= 0.6 is 11.8 Å². The standard InChI is InChI=1S/C20H25N5OS/c1-14(2)18-22-23-20(25(18)17-10-11-17)27-15(3)19(26)24(13-7-12-21)16-8-5-4-6-9-16/h4-6,8-9,14-15,17H,7,10-11,13H2,1-3H3. The molecule has 1 atom stereocenters. The van der Waals surface area contributed by atoms with Crippen molar-refractivity contribution in [2.75, 3.05) is 11.4 Å². The van der Waals surface area contributed by atoms with E-state index in [1.54, 1.807) is 4.90 Å². The Bertz CT molecular complexity index is 823. The Balaban J connectivity index is 1.79. The lowest BCUT2D eigenvalue weighted by Crippen LogP contribution is -2.37. The van der Waals surface area contributed by atoms with Gasteiger partial charge < -0.3 is 9.47 Å². The van der Waals surface area contributed by atoms with Crippen LogP contribution in [0.15, 0.2) is 35.5 Å². The van der Waals surface area contributed by atoms with Gasteiger partial charge in [-0.2, -0.15) is 5.26 Å². The fourth-order valence-electron chi connectivity index (χ4n) is 3.00. The van der Waals surface area contributed by atoms with Crippen molar-refractivity contribution in [2.24, 2.45) is 0 Å². The molecular formula is C20H25N5OS. The number of carbonyl (C=O) groups excluding carboxylic acids is 1. The summed E-state index contributed by atoms with van der Waals surface area (Å²) in [6.07, 6.45) is 2.59. The molecule has 6 nitrogen and oxygen atoms in total. The number of aromatic nitrogens is 3. The van der Waals surface area contributed by atoms with Crippen molar-refractivity contribution in [3.8, 4) is 6.07 Å². The quantitative estimate of drug-likeness (QED) is 0.640.